The minimum atomic E-state index is -1.07. The Morgan fingerprint density at radius 3 is 2.72 bits per heavy atom. The maximum Gasteiger partial charge on any atom is 0.278 e. The van der Waals surface area contributed by atoms with Gasteiger partial charge in [0.1, 0.15) is 11.6 Å². The molecule has 2 amide bonds. The van der Waals surface area contributed by atoms with Crippen LogP contribution in [0.3, 0.4) is 0 Å². The molecule has 1 aromatic carbocycles. The molecule has 25 heavy (non-hydrogen) atoms. The standard InChI is InChI=1S/C16H10N4O5/c21-15-12-13(9-3-2-6-17-8-9)18-25-14(12)16(22)19(15)10-4-1-5-11(7-10)20(23)24/h1-8,12,14H. The summed E-state index contributed by atoms with van der Waals surface area (Å²) in [7, 11) is 0. The summed E-state index contributed by atoms with van der Waals surface area (Å²) in [5.41, 5.74) is 0.825. The number of anilines is 1. The van der Waals surface area contributed by atoms with Gasteiger partial charge >= 0.3 is 0 Å². The molecule has 3 heterocycles. The first-order chi connectivity index (χ1) is 12.1. The Labute approximate surface area is 140 Å². The molecule has 1 aromatic heterocycles. The number of amides is 2. The second-order valence-corrected chi connectivity index (χ2v) is 5.51. The van der Waals surface area contributed by atoms with Crippen LogP contribution in [-0.4, -0.2) is 33.5 Å². The van der Waals surface area contributed by atoms with E-state index < -0.39 is 28.8 Å². The SMILES string of the molecule is O=C1C2ON=C(c3cccnc3)C2C(=O)N1c1cccc([N+](=O)[O-])c1. The van der Waals surface area contributed by atoms with Gasteiger partial charge in [-0.15, -0.1) is 0 Å². The molecule has 124 valence electrons. The van der Waals surface area contributed by atoms with Crippen LogP contribution in [0.15, 0.2) is 53.9 Å². The predicted molar refractivity (Wildman–Crippen MR) is 84.7 cm³/mol. The number of nitro groups is 1. The quantitative estimate of drug-likeness (QED) is 0.473. The Kier molecular flexibility index (Phi) is 3.27. The lowest BCUT2D eigenvalue weighted by Crippen LogP contribution is -2.33. The van der Waals surface area contributed by atoms with E-state index in [4.69, 9.17) is 4.84 Å². The number of fused-ring (bicyclic) bond motifs is 1. The average Bonchev–Trinajstić information content (AvgIpc) is 3.16. The van der Waals surface area contributed by atoms with Crippen LogP contribution < -0.4 is 4.90 Å². The van der Waals surface area contributed by atoms with Crippen molar-refractivity contribution in [3.05, 3.63) is 64.5 Å². The zero-order chi connectivity index (χ0) is 17.6. The van der Waals surface area contributed by atoms with Gasteiger partial charge < -0.3 is 4.84 Å². The first kappa shape index (κ1) is 14.9. The molecule has 2 aliphatic heterocycles. The number of nitro benzene ring substituents is 1. The summed E-state index contributed by atoms with van der Waals surface area (Å²) in [5, 5.41) is 14.8. The molecule has 1 saturated heterocycles. The van der Waals surface area contributed by atoms with E-state index in [9.17, 15) is 19.7 Å². The van der Waals surface area contributed by atoms with Gasteiger partial charge in [-0.2, -0.15) is 0 Å². The van der Waals surface area contributed by atoms with Crippen molar-refractivity contribution in [3.8, 4) is 0 Å². The summed E-state index contributed by atoms with van der Waals surface area (Å²) in [6.45, 7) is 0. The first-order valence-electron chi connectivity index (χ1n) is 7.34. The summed E-state index contributed by atoms with van der Waals surface area (Å²) in [6.07, 6.45) is 2.04. The Bertz CT molecular complexity index is 927. The van der Waals surface area contributed by atoms with Crippen molar-refractivity contribution in [2.45, 2.75) is 6.10 Å². The van der Waals surface area contributed by atoms with E-state index in [1.807, 2.05) is 0 Å². The molecule has 2 aromatic rings. The Hall–Kier alpha value is -3.62. The fraction of sp³-hybridized carbons (Fsp3) is 0.125. The molecule has 0 bridgehead atoms. The number of carbonyl (C=O) groups is 2. The van der Waals surface area contributed by atoms with Gasteiger partial charge in [0.25, 0.3) is 11.6 Å². The number of pyridine rings is 1. The van der Waals surface area contributed by atoms with E-state index in [1.54, 1.807) is 18.3 Å². The van der Waals surface area contributed by atoms with E-state index in [2.05, 4.69) is 10.1 Å². The molecule has 0 radical (unpaired) electrons. The fourth-order valence-corrected chi connectivity index (χ4v) is 2.93. The van der Waals surface area contributed by atoms with Crippen molar-refractivity contribution in [3.63, 3.8) is 0 Å². The van der Waals surface area contributed by atoms with E-state index in [0.29, 0.717) is 11.3 Å². The minimum absolute atomic E-state index is 0.132. The molecular formula is C16H10N4O5. The third kappa shape index (κ3) is 2.24. The normalized spacial score (nSPS) is 21.8. The van der Waals surface area contributed by atoms with Gasteiger partial charge in [-0.1, -0.05) is 11.2 Å². The fourth-order valence-electron chi connectivity index (χ4n) is 2.93. The molecule has 2 atom stereocenters. The summed E-state index contributed by atoms with van der Waals surface area (Å²) in [5.74, 6) is -2.02. The van der Waals surface area contributed by atoms with Crippen molar-refractivity contribution in [2.75, 3.05) is 4.90 Å². The topological polar surface area (TPSA) is 115 Å². The van der Waals surface area contributed by atoms with E-state index in [0.717, 1.165) is 4.90 Å². The van der Waals surface area contributed by atoms with Crippen molar-refractivity contribution < 1.29 is 19.3 Å². The van der Waals surface area contributed by atoms with Gasteiger partial charge in [-0.05, 0) is 18.2 Å². The highest BCUT2D eigenvalue weighted by Crippen LogP contribution is 2.35. The van der Waals surface area contributed by atoms with E-state index in [1.165, 1.54) is 30.5 Å². The Morgan fingerprint density at radius 1 is 1.16 bits per heavy atom. The number of hydrogen-bond acceptors (Lipinski definition) is 7. The zero-order valence-corrected chi connectivity index (χ0v) is 12.6. The maximum absolute atomic E-state index is 12.8. The average molecular weight is 338 g/mol. The number of aromatic nitrogens is 1. The number of nitrogens with zero attached hydrogens (tertiary/aromatic N) is 4. The van der Waals surface area contributed by atoms with Crippen LogP contribution in [-0.2, 0) is 14.4 Å². The minimum Gasteiger partial charge on any atom is -0.381 e. The highest BCUT2D eigenvalue weighted by Gasteiger charge is 2.56. The second kappa shape index (κ2) is 5.48. The van der Waals surface area contributed by atoms with Gasteiger partial charge in [0.15, 0.2) is 0 Å². The molecule has 1 fully saturated rings. The molecule has 2 aliphatic rings. The van der Waals surface area contributed by atoms with Crippen molar-refractivity contribution in [2.24, 2.45) is 11.1 Å². The number of benzene rings is 1. The van der Waals surface area contributed by atoms with Crippen LogP contribution in [0.5, 0.6) is 0 Å². The highest BCUT2D eigenvalue weighted by molar-refractivity contribution is 6.32. The summed E-state index contributed by atoms with van der Waals surface area (Å²) >= 11 is 0. The maximum atomic E-state index is 12.8. The highest BCUT2D eigenvalue weighted by atomic mass is 16.7. The van der Waals surface area contributed by atoms with Crippen LogP contribution >= 0.6 is 0 Å². The number of rotatable bonds is 3. The number of imide groups is 1. The summed E-state index contributed by atoms with van der Waals surface area (Å²) in [6, 6.07) is 8.74. The largest absolute Gasteiger partial charge is 0.381 e. The second-order valence-electron chi connectivity index (χ2n) is 5.51. The van der Waals surface area contributed by atoms with Gasteiger partial charge in [0.2, 0.25) is 12.0 Å². The van der Waals surface area contributed by atoms with Crippen LogP contribution in [0.4, 0.5) is 11.4 Å². The Morgan fingerprint density at radius 2 is 2.00 bits per heavy atom. The number of hydrogen-bond donors (Lipinski definition) is 0. The molecule has 9 heteroatoms. The molecular weight excluding hydrogens is 328 g/mol. The van der Waals surface area contributed by atoms with Crippen LogP contribution in [0.1, 0.15) is 5.56 Å². The predicted octanol–water partition coefficient (Wildman–Crippen LogP) is 1.28. The van der Waals surface area contributed by atoms with E-state index in [-0.39, 0.29) is 11.4 Å². The molecule has 2 unspecified atom stereocenters. The van der Waals surface area contributed by atoms with Crippen LogP contribution in [0, 0.1) is 16.0 Å². The first-order valence-corrected chi connectivity index (χ1v) is 7.34. The molecule has 4 rings (SSSR count). The molecule has 0 saturated carbocycles. The zero-order valence-electron chi connectivity index (χ0n) is 12.6. The number of non-ortho nitro benzene ring substituents is 1. The number of oxime groups is 1. The summed E-state index contributed by atoms with van der Waals surface area (Å²) in [4.78, 5) is 45.8. The molecule has 0 N–H and O–H groups in total. The lowest BCUT2D eigenvalue weighted by molar-refractivity contribution is -0.384. The number of carbonyl (C=O) groups excluding carboxylic acids is 2. The third-order valence-electron chi connectivity index (χ3n) is 4.07. The van der Waals surface area contributed by atoms with Gasteiger partial charge in [-0.3, -0.25) is 24.7 Å². The monoisotopic (exact) mass is 338 g/mol. The molecule has 0 aliphatic carbocycles. The third-order valence-corrected chi connectivity index (χ3v) is 4.07. The van der Waals surface area contributed by atoms with E-state index >= 15 is 0 Å². The lowest BCUT2D eigenvalue weighted by atomic mass is 9.95. The Balaban J connectivity index is 1.71. The van der Waals surface area contributed by atoms with Crippen LogP contribution in [0.25, 0.3) is 0 Å². The lowest BCUT2D eigenvalue weighted by Gasteiger charge is -2.15. The van der Waals surface area contributed by atoms with Crippen LogP contribution in [0.2, 0.25) is 0 Å². The molecule has 0 spiro atoms. The van der Waals surface area contributed by atoms with Crippen molar-refractivity contribution in [1.29, 1.82) is 0 Å². The van der Waals surface area contributed by atoms with Crippen molar-refractivity contribution in [1.82, 2.24) is 4.98 Å². The van der Waals surface area contributed by atoms with Gasteiger partial charge in [0, 0.05) is 30.1 Å². The van der Waals surface area contributed by atoms with Crippen molar-refractivity contribution >= 4 is 28.9 Å². The van der Waals surface area contributed by atoms with Gasteiger partial charge in [0.05, 0.1) is 10.6 Å². The van der Waals surface area contributed by atoms with Gasteiger partial charge in [-0.25, -0.2) is 4.90 Å². The smallest absolute Gasteiger partial charge is 0.278 e. The molecule has 9 nitrogen and oxygen atoms in total. The summed E-state index contributed by atoms with van der Waals surface area (Å²) < 4.78 is 0.